The summed E-state index contributed by atoms with van der Waals surface area (Å²) in [6.45, 7) is 0. The molecule has 1 amide bonds. The molecule has 0 unspecified atom stereocenters. The van der Waals surface area contributed by atoms with Crippen LogP contribution in [0.5, 0.6) is 11.5 Å². The SMILES string of the molecule is COc1cc2nc(NC(=O)c3ccc([N+](=O)[O-])cc3)sc2cc1OC. The van der Waals surface area contributed by atoms with Crippen LogP contribution in [-0.2, 0) is 0 Å². The summed E-state index contributed by atoms with van der Waals surface area (Å²) in [7, 11) is 3.08. The number of fused-ring (bicyclic) bond motifs is 1. The smallest absolute Gasteiger partial charge is 0.269 e. The fourth-order valence-corrected chi connectivity index (χ4v) is 3.08. The van der Waals surface area contributed by atoms with Gasteiger partial charge in [-0.2, -0.15) is 0 Å². The van der Waals surface area contributed by atoms with E-state index in [1.807, 2.05) is 0 Å². The fraction of sp³-hybridized carbons (Fsp3) is 0.125. The number of methoxy groups -OCH3 is 2. The Kier molecular flexibility index (Phi) is 4.48. The maximum Gasteiger partial charge on any atom is 0.269 e. The van der Waals surface area contributed by atoms with Gasteiger partial charge in [0.25, 0.3) is 11.6 Å². The van der Waals surface area contributed by atoms with E-state index in [1.165, 1.54) is 42.7 Å². The van der Waals surface area contributed by atoms with Gasteiger partial charge in [0.15, 0.2) is 16.6 Å². The van der Waals surface area contributed by atoms with E-state index in [1.54, 1.807) is 19.2 Å². The van der Waals surface area contributed by atoms with Crippen LogP contribution < -0.4 is 14.8 Å². The first-order valence-electron chi connectivity index (χ1n) is 7.10. The molecule has 0 saturated carbocycles. The first-order chi connectivity index (χ1) is 12.0. The lowest BCUT2D eigenvalue weighted by atomic mass is 10.2. The minimum atomic E-state index is -0.518. The highest BCUT2D eigenvalue weighted by Gasteiger charge is 2.14. The molecule has 0 spiro atoms. The van der Waals surface area contributed by atoms with Crippen molar-refractivity contribution in [3.63, 3.8) is 0 Å². The van der Waals surface area contributed by atoms with Crippen molar-refractivity contribution in [2.24, 2.45) is 0 Å². The topological polar surface area (TPSA) is 104 Å². The van der Waals surface area contributed by atoms with E-state index in [-0.39, 0.29) is 5.69 Å². The summed E-state index contributed by atoms with van der Waals surface area (Å²) in [6, 6.07) is 8.87. The molecule has 0 aliphatic carbocycles. The Morgan fingerprint density at radius 1 is 1.16 bits per heavy atom. The number of nitrogens with one attached hydrogen (secondary N) is 1. The lowest BCUT2D eigenvalue weighted by molar-refractivity contribution is -0.384. The third-order valence-electron chi connectivity index (χ3n) is 3.45. The van der Waals surface area contributed by atoms with Gasteiger partial charge in [-0.1, -0.05) is 11.3 Å². The van der Waals surface area contributed by atoms with Gasteiger partial charge in [0.05, 0.1) is 29.4 Å². The van der Waals surface area contributed by atoms with Gasteiger partial charge >= 0.3 is 0 Å². The van der Waals surface area contributed by atoms with E-state index in [0.717, 1.165) is 4.70 Å². The van der Waals surface area contributed by atoms with Crippen LogP contribution in [0.3, 0.4) is 0 Å². The van der Waals surface area contributed by atoms with Crippen molar-refractivity contribution >= 4 is 38.3 Å². The maximum absolute atomic E-state index is 12.3. The number of hydrogen-bond acceptors (Lipinski definition) is 7. The summed E-state index contributed by atoms with van der Waals surface area (Å²) in [5.41, 5.74) is 0.900. The van der Waals surface area contributed by atoms with E-state index >= 15 is 0 Å². The van der Waals surface area contributed by atoms with E-state index in [9.17, 15) is 14.9 Å². The fourth-order valence-electron chi connectivity index (χ4n) is 2.21. The van der Waals surface area contributed by atoms with Crippen molar-refractivity contribution in [2.45, 2.75) is 0 Å². The summed E-state index contributed by atoms with van der Waals surface area (Å²) in [4.78, 5) is 26.7. The normalized spacial score (nSPS) is 10.5. The van der Waals surface area contributed by atoms with Gasteiger partial charge in [-0.15, -0.1) is 0 Å². The number of hydrogen-bond donors (Lipinski definition) is 1. The van der Waals surface area contributed by atoms with Crippen LogP contribution in [0.4, 0.5) is 10.8 Å². The highest BCUT2D eigenvalue weighted by Crippen LogP contribution is 2.36. The molecule has 25 heavy (non-hydrogen) atoms. The lowest BCUT2D eigenvalue weighted by Gasteiger charge is -2.05. The largest absolute Gasteiger partial charge is 0.493 e. The minimum Gasteiger partial charge on any atom is -0.493 e. The number of non-ortho nitro benzene ring substituents is 1. The standard InChI is InChI=1S/C16H13N3O5S/c1-23-12-7-11-14(8-13(12)24-2)25-16(17-11)18-15(20)9-3-5-10(6-4-9)19(21)22/h3-8H,1-2H3,(H,17,18,20). The summed E-state index contributed by atoms with van der Waals surface area (Å²) in [5, 5.41) is 13.8. The molecular formula is C16H13N3O5S. The maximum atomic E-state index is 12.3. The molecule has 0 saturated heterocycles. The van der Waals surface area contributed by atoms with Crippen molar-refractivity contribution in [3.05, 3.63) is 52.1 Å². The predicted molar refractivity (Wildman–Crippen MR) is 93.8 cm³/mol. The van der Waals surface area contributed by atoms with Crippen LogP contribution in [0.2, 0.25) is 0 Å². The predicted octanol–water partition coefficient (Wildman–Crippen LogP) is 3.47. The Labute approximate surface area is 146 Å². The summed E-state index contributed by atoms with van der Waals surface area (Å²) < 4.78 is 11.3. The van der Waals surface area contributed by atoms with Crippen LogP contribution in [0.1, 0.15) is 10.4 Å². The number of thiazole rings is 1. The highest BCUT2D eigenvalue weighted by atomic mass is 32.1. The molecule has 2 aromatic carbocycles. The number of ether oxygens (including phenoxy) is 2. The molecule has 0 fully saturated rings. The zero-order chi connectivity index (χ0) is 18.0. The number of carbonyl (C=O) groups is 1. The van der Waals surface area contributed by atoms with Gasteiger partial charge in [-0.05, 0) is 12.1 Å². The molecule has 0 radical (unpaired) electrons. The van der Waals surface area contributed by atoms with Crippen molar-refractivity contribution in [3.8, 4) is 11.5 Å². The van der Waals surface area contributed by atoms with Gasteiger partial charge in [-0.25, -0.2) is 4.98 Å². The van der Waals surface area contributed by atoms with Gasteiger partial charge < -0.3 is 9.47 Å². The van der Waals surface area contributed by atoms with E-state index in [4.69, 9.17) is 9.47 Å². The number of nitro groups is 1. The van der Waals surface area contributed by atoms with Crippen molar-refractivity contribution in [2.75, 3.05) is 19.5 Å². The van der Waals surface area contributed by atoms with Gasteiger partial charge in [0.1, 0.15) is 0 Å². The molecule has 0 aliphatic heterocycles. The molecule has 1 heterocycles. The third kappa shape index (κ3) is 3.36. The quantitative estimate of drug-likeness (QED) is 0.552. The number of nitro benzene ring substituents is 1. The highest BCUT2D eigenvalue weighted by molar-refractivity contribution is 7.22. The summed E-state index contributed by atoms with van der Waals surface area (Å²) >= 11 is 1.29. The van der Waals surface area contributed by atoms with E-state index in [2.05, 4.69) is 10.3 Å². The molecule has 3 aromatic rings. The molecule has 0 bridgehead atoms. The average Bonchev–Trinajstić information content (AvgIpc) is 3.01. The molecule has 8 nitrogen and oxygen atoms in total. The second kappa shape index (κ2) is 6.73. The van der Waals surface area contributed by atoms with Crippen molar-refractivity contribution in [1.29, 1.82) is 0 Å². The second-order valence-corrected chi connectivity index (χ2v) is 5.98. The molecule has 0 atom stereocenters. The van der Waals surface area contributed by atoms with Crippen LogP contribution in [0.25, 0.3) is 10.2 Å². The average molecular weight is 359 g/mol. The Balaban J connectivity index is 1.84. The van der Waals surface area contributed by atoms with Crippen LogP contribution in [0, 0.1) is 10.1 Å². The number of carbonyl (C=O) groups excluding carboxylic acids is 1. The Morgan fingerprint density at radius 3 is 2.40 bits per heavy atom. The monoisotopic (exact) mass is 359 g/mol. The summed E-state index contributed by atoms with van der Waals surface area (Å²) in [5.74, 6) is 0.730. The van der Waals surface area contributed by atoms with Gasteiger partial charge in [0, 0.05) is 29.8 Å². The zero-order valence-corrected chi connectivity index (χ0v) is 14.1. The van der Waals surface area contributed by atoms with Crippen molar-refractivity contribution in [1.82, 2.24) is 4.98 Å². The van der Waals surface area contributed by atoms with E-state index < -0.39 is 10.8 Å². The molecule has 128 valence electrons. The van der Waals surface area contributed by atoms with Crippen LogP contribution in [0.15, 0.2) is 36.4 Å². The van der Waals surface area contributed by atoms with E-state index in [0.29, 0.717) is 27.7 Å². The lowest BCUT2D eigenvalue weighted by Crippen LogP contribution is -2.11. The number of aromatic nitrogens is 1. The van der Waals surface area contributed by atoms with Crippen LogP contribution >= 0.6 is 11.3 Å². The Morgan fingerprint density at radius 2 is 1.80 bits per heavy atom. The first-order valence-corrected chi connectivity index (χ1v) is 7.92. The molecule has 3 rings (SSSR count). The van der Waals surface area contributed by atoms with Crippen molar-refractivity contribution < 1.29 is 19.2 Å². The minimum absolute atomic E-state index is 0.0734. The third-order valence-corrected chi connectivity index (χ3v) is 4.39. The Bertz CT molecular complexity index is 911. The number of amides is 1. The van der Waals surface area contributed by atoms with Gasteiger partial charge in [0.2, 0.25) is 0 Å². The number of rotatable bonds is 5. The number of nitrogens with zero attached hydrogens (tertiary/aromatic N) is 2. The second-order valence-electron chi connectivity index (χ2n) is 4.95. The van der Waals surface area contributed by atoms with Gasteiger partial charge in [-0.3, -0.25) is 20.2 Å². The first kappa shape index (κ1) is 16.7. The zero-order valence-electron chi connectivity index (χ0n) is 13.3. The molecule has 0 aliphatic rings. The molecular weight excluding hydrogens is 346 g/mol. The summed E-state index contributed by atoms with van der Waals surface area (Å²) in [6.07, 6.45) is 0. The molecule has 1 aromatic heterocycles. The molecule has 1 N–H and O–H groups in total. The number of benzene rings is 2. The number of anilines is 1. The van der Waals surface area contributed by atoms with Crippen LogP contribution in [-0.4, -0.2) is 30.0 Å². The molecule has 9 heteroatoms. The Hall–Kier alpha value is -3.20.